The third kappa shape index (κ3) is 1.94. The Morgan fingerprint density at radius 2 is 2.00 bits per heavy atom. The Bertz CT molecular complexity index is 94.3. The van der Waals surface area contributed by atoms with Crippen LogP contribution in [0, 0.1) is 12.3 Å². The van der Waals surface area contributed by atoms with Gasteiger partial charge in [0.05, 0.1) is 6.61 Å². The molecule has 0 saturated carbocycles. The number of terminal acetylenes is 1. The van der Waals surface area contributed by atoms with Crippen molar-refractivity contribution in [2.45, 2.75) is 12.2 Å². The largest absolute Gasteiger partial charge is 0.394 e. The minimum Gasteiger partial charge on any atom is -0.394 e. The van der Waals surface area contributed by atoms with E-state index in [4.69, 9.17) is 15.3 Å². The van der Waals surface area contributed by atoms with E-state index in [1.54, 1.807) is 0 Å². The topological polar surface area (TPSA) is 60.7 Å². The fraction of sp³-hybridized carbons (Fsp3) is 0.600. The molecule has 2 atom stereocenters. The van der Waals surface area contributed by atoms with Crippen molar-refractivity contribution in [3.63, 3.8) is 0 Å². The van der Waals surface area contributed by atoms with Gasteiger partial charge in [0.2, 0.25) is 0 Å². The van der Waals surface area contributed by atoms with Gasteiger partial charge in [-0.1, -0.05) is 5.92 Å². The summed E-state index contributed by atoms with van der Waals surface area (Å²) < 4.78 is 0. The van der Waals surface area contributed by atoms with E-state index in [0.717, 1.165) is 0 Å². The highest BCUT2D eigenvalue weighted by molar-refractivity contribution is 4.96. The lowest BCUT2D eigenvalue weighted by atomic mass is 10.2. The van der Waals surface area contributed by atoms with Crippen LogP contribution in [0.2, 0.25) is 0 Å². The Labute approximate surface area is 47.6 Å². The van der Waals surface area contributed by atoms with Gasteiger partial charge in [0, 0.05) is 0 Å². The van der Waals surface area contributed by atoms with Crippen LogP contribution in [0.25, 0.3) is 0 Å². The van der Waals surface area contributed by atoms with Crippen LogP contribution in [0.1, 0.15) is 0 Å². The lowest BCUT2D eigenvalue weighted by Gasteiger charge is -2.07. The molecular weight excluding hydrogens is 108 g/mol. The molecule has 0 aromatic carbocycles. The molecule has 3 nitrogen and oxygen atoms in total. The molecule has 0 aliphatic rings. The second kappa shape index (κ2) is 3.44. The van der Waals surface area contributed by atoms with Crippen molar-refractivity contribution in [1.82, 2.24) is 0 Å². The SMILES string of the molecule is C#C[C@H](O)[C@H](O)CO. The van der Waals surface area contributed by atoms with Crippen LogP contribution < -0.4 is 0 Å². The van der Waals surface area contributed by atoms with E-state index in [0.29, 0.717) is 0 Å². The molecule has 0 saturated heterocycles. The van der Waals surface area contributed by atoms with Crippen LogP contribution in [0.5, 0.6) is 0 Å². The van der Waals surface area contributed by atoms with Gasteiger partial charge in [0.25, 0.3) is 0 Å². The molecule has 0 unspecified atom stereocenters. The lowest BCUT2D eigenvalue weighted by molar-refractivity contribution is 0.0139. The summed E-state index contributed by atoms with van der Waals surface area (Å²) in [6.07, 6.45) is 2.22. The lowest BCUT2D eigenvalue weighted by Crippen LogP contribution is -2.27. The van der Waals surface area contributed by atoms with Crippen molar-refractivity contribution in [1.29, 1.82) is 0 Å². The minimum absolute atomic E-state index is 0.509. The zero-order valence-corrected chi connectivity index (χ0v) is 4.28. The van der Waals surface area contributed by atoms with Crippen molar-refractivity contribution in [2.24, 2.45) is 0 Å². The highest BCUT2D eigenvalue weighted by atomic mass is 16.4. The first-order valence-electron chi connectivity index (χ1n) is 2.15. The van der Waals surface area contributed by atoms with E-state index in [2.05, 4.69) is 6.42 Å². The molecule has 3 N–H and O–H groups in total. The molecule has 0 fully saturated rings. The standard InChI is InChI=1S/C5H8O3/c1-2-4(7)5(8)3-6/h1,4-8H,3H2/t4-,5+/m0/s1. The van der Waals surface area contributed by atoms with E-state index < -0.39 is 18.8 Å². The van der Waals surface area contributed by atoms with Crippen molar-refractivity contribution in [3.8, 4) is 12.3 Å². The van der Waals surface area contributed by atoms with Crippen molar-refractivity contribution in [2.75, 3.05) is 6.61 Å². The van der Waals surface area contributed by atoms with Crippen LogP contribution in [0.3, 0.4) is 0 Å². The number of hydrogen-bond acceptors (Lipinski definition) is 3. The summed E-state index contributed by atoms with van der Waals surface area (Å²) in [5, 5.41) is 25.1. The van der Waals surface area contributed by atoms with Crippen LogP contribution >= 0.6 is 0 Å². The maximum Gasteiger partial charge on any atom is 0.142 e. The van der Waals surface area contributed by atoms with E-state index >= 15 is 0 Å². The molecule has 0 spiro atoms. The van der Waals surface area contributed by atoms with Gasteiger partial charge in [-0.3, -0.25) is 0 Å². The average Bonchev–Trinajstić information content (AvgIpc) is 1.84. The molecule has 0 aliphatic carbocycles. The van der Waals surface area contributed by atoms with E-state index in [-0.39, 0.29) is 0 Å². The fourth-order valence-corrected chi connectivity index (χ4v) is 0.211. The third-order valence-electron chi connectivity index (χ3n) is 0.722. The van der Waals surface area contributed by atoms with Gasteiger partial charge in [-0.2, -0.15) is 0 Å². The summed E-state index contributed by atoms with van der Waals surface area (Å²) in [6, 6.07) is 0. The Kier molecular flexibility index (Phi) is 3.20. The van der Waals surface area contributed by atoms with E-state index in [1.165, 1.54) is 0 Å². The maximum atomic E-state index is 8.48. The molecule has 3 heteroatoms. The second-order valence-corrected chi connectivity index (χ2v) is 1.36. The van der Waals surface area contributed by atoms with Gasteiger partial charge in [-0.05, 0) is 0 Å². The molecule has 0 radical (unpaired) electrons. The van der Waals surface area contributed by atoms with Gasteiger partial charge in [0.1, 0.15) is 12.2 Å². The Morgan fingerprint density at radius 3 is 2.12 bits per heavy atom. The number of hydrogen-bond donors (Lipinski definition) is 3. The molecule has 0 heterocycles. The molecule has 0 amide bonds. The molecule has 0 aliphatic heterocycles. The number of rotatable bonds is 2. The van der Waals surface area contributed by atoms with Gasteiger partial charge in [-0.15, -0.1) is 6.42 Å². The van der Waals surface area contributed by atoms with Crippen molar-refractivity contribution in [3.05, 3.63) is 0 Å². The normalized spacial score (nSPS) is 16.8. The van der Waals surface area contributed by atoms with E-state index in [9.17, 15) is 0 Å². The Morgan fingerprint density at radius 1 is 1.50 bits per heavy atom. The smallest absolute Gasteiger partial charge is 0.142 e. The molecule has 0 aromatic rings. The quantitative estimate of drug-likeness (QED) is 0.378. The average molecular weight is 116 g/mol. The van der Waals surface area contributed by atoms with Crippen LogP contribution in [0.4, 0.5) is 0 Å². The number of aliphatic hydroxyl groups excluding tert-OH is 3. The molecule has 46 valence electrons. The van der Waals surface area contributed by atoms with Crippen LogP contribution in [-0.2, 0) is 0 Å². The van der Waals surface area contributed by atoms with Gasteiger partial charge in [0.15, 0.2) is 0 Å². The zero-order chi connectivity index (χ0) is 6.57. The molecule has 0 rings (SSSR count). The highest BCUT2D eigenvalue weighted by Gasteiger charge is 2.09. The maximum absolute atomic E-state index is 8.48. The first-order valence-corrected chi connectivity index (χ1v) is 2.15. The van der Waals surface area contributed by atoms with Gasteiger partial charge in [-0.25, -0.2) is 0 Å². The summed E-state index contributed by atoms with van der Waals surface area (Å²) in [5.41, 5.74) is 0. The summed E-state index contributed by atoms with van der Waals surface area (Å²) in [5.74, 6) is 1.86. The second-order valence-electron chi connectivity index (χ2n) is 1.36. The summed E-state index contributed by atoms with van der Waals surface area (Å²) in [7, 11) is 0. The van der Waals surface area contributed by atoms with Gasteiger partial charge >= 0.3 is 0 Å². The zero-order valence-electron chi connectivity index (χ0n) is 4.28. The Hall–Kier alpha value is -0.560. The predicted molar refractivity (Wildman–Crippen MR) is 27.9 cm³/mol. The monoisotopic (exact) mass is 116 g/mol. The fourth-order valence-electron chi connectivity index (χ4n) is 0.211. The number of aliphatic hydroxyl groups is 3. The minimum atomic E-state index is -1.25. The predicted octanol–water partition coefficient (Wildman–Crippen LogP) is -1.67. The first kappa shape index (κ1) is 7.44. The van der Waals surface area contributed by atoms with Crippen LogP contribution in [-0.4, -0.2) is 34.1 Å². The molecule has 0 bridgehead atoms. The third-order valence-corrected chi connectivity index (χ3v) is 0.722. The molecule has 0 aromatic heterocycles. The van der Waals surface area contributed by atoms with Crippen molar-refractivity contribution < 1.29 is 15.3 Å². The first-order chi connectivity index (χ1) is 3.72. The summed E-state index contributed by atoms with van der Waals surface area (Å²) in [4.78, 5) is 0. The summed E-state index contributed by atoms with van der Waals surface area (Å²) >= 11 is 0. The highest BCUT2D eigenvalue weighted by Crippen LogP contribution is 1.87. The molecular formula is C5H8O3. The molecule has 8 heavy (non-hydrogen) atoms. The van der Waals surface area contributed by atoms with Gasteiger partial charge < -0.3 is 15.3 Å². The van der Waals surface area contributed by atoms with E-state index in [1.807, 2.05) is 5.92 Å². The van der Waals surface area contributed by atoms with Crippen LogP contribution in [0.15, 0.2) is 0 Å². The summed E-state index contributed by atoms with van der Waals surface area (Å²) in [6.45, 7) is -0.509. The van der Waals surface area contributed by atoms with Crippen molar-refractivity contribution >= 4 is 0 Å². The Balaban J connectivity index is 3.49.